The Bertz CT molecular complexity index is 675. The van der Waals surface area contributed by atoms with Crippen LogP contribution in [0.3, 0.4) is 0 Å². The number of benzene rings is 1. The van der Waals surface area contributed by atoms with Gasteiger partial charge in [0, 0.05) is 0 Å². The molecule has 0 aromatic heterocycles. The van der Waals surface area contributed by atoms with Crippen molar-refractivity contribution in [1.29, 1.82) is 0 Å². The lowest BCUT2D eigenvalue weighted by Gasteiger charge is -2.06. The minimum Gasteiger partial charge on any atom is -0.507 e. The maximum atomic E-state index is 11.0. The summed E-state index contributed by atoms with van der Waals surface area (Å²) in [5.74, 6) is -1.23. The maximum Gasteiger partial charge on any atom is 0.339 e. The first-order valence-corrected chi connectivity index (χ1v) is 8.80. The van der Waals surface area contributed by atoms with Crippen LogP contribution in [0.4, 0.5) is 0 Å². The summed E-state index contributed by atoms with van der Waals surface area (Å²) in [5.41, 5.74) is 4.62. The molecule has 0 bridgehead atoms. The van der Waals surface area contributed by atoms with Crippen molar-refractivity contribution in [2.45, 2.75) is 59.8 Å². The summed E-state index contributed by atoms with van der Waals surface area (Å²) in [5, 5.41) is 19.1. The van der Waals surface area contributed by atoms with Crippen LogP contribution in [0.15, 0.2) is 53.1 Å². The summed E-state index contributed by atoms with van der Waals surface area (Å²) >= 11 is 0. The summed E-state index contributed by atoms with van der Waals surface area (Å²) in [6, 6.07) is 4.85. The largest absolute Gasteiger partial charge is 0.507 e. The minimum atomic E-state index is -1.10. The Morgan fingerprint density at radius 3 is 2.16 bits per heavy atom. The van der Waals surface area contributed by atoms with Gasteiger partial charge in [-0.25, -0.2) is 4.79 Å². The molecule has 0 amide bonds. The Morgan fingerprint density at radius 2 is 1.56 bits per heavy atom. The van der Waals surface area contributed by atoms with Crippen LogP contribution in [-0.2, 0) is 6.42 Å². The highest BCUT2D eigenvalue weighted by atomic mass is 16.4. The molecule has 0 unspecified atom stereocenters. The van der Waals surface area contributed by atoms with E-state index in [0.717, 1.165) is 25.7 Å². The number of aromatic hydroxyl groups is 1. The van der Waals surface area contributed by atoms with Crippen molar-refractivity contribution in [1.82, 2.24) is 0 Å². The fourth-order valence-electron chi connectivity index (χ4n) is 2.55. The molecule has 136 valence electrons. The molecule has 0 fully saturated rings. The standard InChI is InChI=1S/C22H30O3/c1-16(2)8-5-9-17(3)10-6-11-18(4)14-15-19-12-7-13-20(21(19)23)22(24)25/h7-8,10,12-14,23H,5-6,9,11,15H2,1-4H3,(H,24,25)/b17-10+,18-14+. The quantitative estimate of drug-likeness (QED) is 0.537. The van der Waals surface area contributed by atoms with Crippen LogP contribution < -0.4 is 0 Å². The van der Waals surface area contributed by atoms with Crippen LogP contribution in [0.1, 0.15) is 69.3 Å². The van der Waals surface area contributed by atoms with Gasteiger partial charge in [0.1, 0.15) is 11.3 Å². The zero-order valence-electron chi connectivity index (χ0n) is 15.8. The number of hydrogen-bond donors (Lipinski definition) is 2. The van der Waals surface area contributed by atoms with Gasteiger partial charge in [-0.1, -0.05) is 47.1 Å². The Hall–Kier alpha value is -2.29. The summed E-state index contributed by atoms with van der Waals surface area (Å²) < 4.78 is 0. The first kappa shape index (κ1) is 20.8. The zero-order chi connectivity index (χ0) is 18.8. The molecule has 25 heavy (non-hydrogen) atoms. The summed E-state index contributed by atoms with van der Waals surface area (Å²) in [4.78, 5) is 11.0. The van der Waals surface area contributed by atoms with Crippen LogP contribution >= 0.6 is 0 Å². The van der Waals surface area contributed by atoms with Crippen molar-refractivity contribution in [2.75, 3.05) is 0 Å². The highest BCUT2D eigenvalue weighted by molar-refractivity contribution is 5.91. The molecule has 0 radical (unpaired) electrons. The molecule has 0 saturated heterocycles. The van der Waals surface area contributed by atoms with Gasteiger partial charge < -0.3 is 10.2 Å². The van der Waals surface area contributed by atoms with Crippen molar-refractivity contribution in [3.05, 3.63) is 64.3 Å². The van der Waals surface area contributed by atoms with Gasteiger partial charge in [-0.05, 0) is 71.4 Å². The van der Waals surface area contributed by atoms with Crippen LogP contribution in [0.5, 0.6) is 5.75 Å². The number of carbonyl (C=O) groups is 1. The topological polar surface area (TPSA) is 57.5 Å². The molecule has 3 heteroatoms. The highest BCUT2D eigenvalue weighted by Crippen LogP contribution is 2.24. The fourth-order valence-corrected chi connectivity index (χ4v) is 2.55. The average molecular weight is 342 g/mol. The van der Waals surface area contributed by atoms with Crippen LogP contribution in [0.25, 0.3) is 0 Å². The van der Waals surface area contributed by atoms with Gasteiger partial charge in [-0.3, -0.25) is 0 Å². The molecule has 2 N–H and O–H groups in total. The smallest absolute Gasteiger partial charge is 0.339 e. The van der Waals surface area contributed by atoms with Crippen molar-refractivity contribution in [2.24, 2.45) is 0 Å². The summed E-state index contributed by atoms with van der Waals surface area (Å²) in [6.07, 6.45) is 11.3. The van der Waals surface area contributed by atoms with E-state index in [2.05, 4.69) is 45.9 Å². The third-order valence-electron chi connectivity index (χ3n) is 4.14. The van der Waals surface area contributed by atoms with Gasteiger partial charge >= 0.3 is 5.97 Å². The third-order valence-corrected chi connectivity index (χ3v) is 4.14. The van der Waals surface area contributed by atoms with E-state index in [0.29, 0.717) is 12.0 Å². The Labute approximate surface area is 151 Å². The number of allylic oxidation sites excluding steroid dienone is 6. The highest BCUT2D eigenvalue weighted by Gasteiger charge is 2.11. The average Bonchev–Trinajstić information content (AvgIpc) is 2.53. The number of para-hydroxylation sites is 1. The molecule has 0 aliphatic heterocycles. The Morgan fingerprint density at radius 1 is 0.960 bits per heavy atom. The lowest BCUT2D eigenvalue weighted by molar-refractivity contribution is 0.0693. The lowest BCUT2D eigenvalue weighted by Crippen LogP contribution is -1.98. The molecule has 1 rings (SSSR count). The van der Waals surface area contributed by atoms with E-state index < -0.39 is 5.97 Å². The van der Waals surface area contributed by atoms with Crippen LogP contribution in [0.2, 0.25) is 0 Å². The van der Waals surface area contributed by atoms with E-state index in [-0.39, 0.29) is 11.3 Å². The first-order valence-electron chi connectivity index (χ1n) is 8.80. The maximum absolute atomic E-state index is 11.0. The van der Waals surface area contributed by atoms with Gasteiger partial charge in [-0.2, -0.15) is 0 Å². The molecule has 0 spiro atoms. The molecular formula is C22H30O3. The predicted octanol–water partition coefficient (Wildman–Crippen LogP) is 6.05. The molecular weight excluding hydrogens is 312 g/mol. The lowest BCUT2D eigenvalue weighted by atomic mass is 10.0. The van der Waals surface area contributed by atoms with Crippen molar-refractivity contribution < 1.29 is 15.0 Å². The number of carboxylic acid groups (broad SMARTS) is 1. The Kier molecular flexibility index (Phi) is 8.76. The first-order chi connectivity index (χ1) is 11.8. The van der Waals surface area contributed by atoms with E-state index in [4.69, 9.17) is 5.11 Å². The Balaban J connectivity index is 2.53. The molecule has 3 nitrogen and oxygen atoms in total. The second-order valence-corrected chi connectivity index (χ2v) is 6.78. The number of aromatic carboxylic acids is 1. The number of rotatable bonds is 9. The molecule has 0 aliphatic rings. The number of phenols is 1. The van der Waals surface area contributed by atoms with Crippen LogP contribution in [0, 0.1) is 0 Å². The van der Waals surface area contributed by atoms with Crippen molar-refractivity contribution in [3.8, 4) is 5.75 Å². The van der Waals surface area contributed by atoms with Gasteiger partial charge in [0.25, 0.3) is 0 Å². The number of carboxylic acids is 1. The van der Waals surface area contributed by atoms with Gasteiger partial charge in [0.2, 0.25) is 0 Å². The predicted molar refractivity (Wildman–Crippen MR) is 104 cm³/mol. The summed E-state index contributed by atoms with van der Waals surface area (Å²) in [7, 11) is 0. The molecule has 0 atom stereocenters. The van der Waals surface area contributed by atoms with E-state index in [1.54, 1.807) is 12.1 Å². The second-order valence-electron chi connectivity index (χ2n) is 6.78. The van der Waals surface area contributed by atoms with E-state index >= 15 is 0 Å². The fraction of sp³-hybridized carbons (Fsp3) is 0.409. The molecule has 1 aromatic carbocycles. The van der Waals surface area contributed by atoms with Crippen molar-refractivity contribution >= 4 is 5.97 Å². The van der Waals surface area contributed by atoms with E-state index in [9.17, 15) is 9.90 Å². The molecule has 0 aliphatic carbocycles. The van der Waals surface area contributed by atoms with E-state index in [1.807, 2.05) is 0 Å². The van der Waals surface area contributed by atoms with Gasteiger partial charge in [0.15, 0.2) is 0 Å². The molecule has 0 saturated carbocycles. The van der Waals surface area contributed by atoms with Gasteiger partial charge in [-0.15, -0.1) is 0 Å². The monoisotopic (exact) mass is 342 g/mol. The second kappa shape index (κ2) is 10.5. The minimum absolute atomic E-state index is 0.0431. The van der Waals surface area contributed by atoms with Crippen molar-refractivity contribution in [3.63, 3.8) is 0 Å². The van der Waals surface area contributed by atoms with Crippen LogP contribution in [-0.4, -0.2) is 16.2 Å². The molecule has 0 heterocycles. The van der Waals surface area contributed by atoms with Gasteiger partial charge in [0.05, 0.1) is 0 Å². The number of hydrogen-bond acceptors (Lipinski definition) is 2. The SMILES string of the molecule is CC(C)=CCC/C(C)=C/CC/C(C)=C/Cc1cccc(C(=O)O)c1O. The normalized spacial score (nSPS) is 12.2. The van der Waals surface area contributed by atoms with E-state index in [1.165, 1.54) is 22.8 Å². The zero-order valence-corrected chi connectivity index (χ0v) is 15.8. The third kappa shape index (κ3) is 7.88. The molecule has 1 aromatic rings. The summed E-state index contributed by atoms with van der Waals surface area (Å²) in [6.45, 7) is 8.49.